The van der Waals surface area contributed by atoms with Crippen LogP contribution in [0.1, 0.15) is 24.9 Å². The number of benzene rings is 1. The molecule has 2 amide bonds. The number of likely N-dealkylation sites (tertiary alicyclic amines) is 1. The van der Waals surface area contributed by atoms with Crippen molar-refractivity contribution in [2.75, 3.05) is 11.9 Å². The largest absolute Gasteiger partial charge is 0.335 e. The molecule has 1 aliphatic rings. The van der Waals surface area contributed by atoms with Gasteiger partial charge in [-0.25, -0.2) is 0 Å². The van der Waals surface area contributed by atoms with E-state index in [1.54, 1.807) is 17.0 Å². The van der Waals surface area contributed by atoms with Crippen molar-refractivity contribution in [2.45, 2.75) is 19.4 Å². The Labute approximate surface area is 144 Å². The Hall–Kier alpha value is -2.47. The fraction of sp³-hybridized carbons (Fsp3) is 0.294. The first-order valence-corrected chi connectivity index (χ1v) is 8.07. The summed E-state index contributed by atoms with van der Waals surface area (Å²) in [6.07, 6.45) is 0.198. The maximum Gasteiger partial charge on any atom is 0.230 e. The van der Waals surface area contributed by atoms with Crippen molar-refractivity contribution >= 4 is 29.2 Å². The summed E-state index contributed by atoms with van der Waals surface area (Å²) >= 11 is 5.67. The number of carbonyl (C=O) groups excluding carboxylic acids is 2. The number of halogens is 1. The molecule has 3 rings (SSSR count). The third-order valence-corrected chi connectivity index (χ3v) is 4.36. The molecule has 1 N–H and O–H groups in total. The maximum absolute atomic E-state index is 12.4. The summed E-state index contributed by atoms with van der Waals surface area (Å²) in [5, 5.41) is 10.4. The van der Waals surface area contributed by atoms with Crippen LogP contribution in [-0.4, -0.2) is 33.5 Å². The van der Waals surface area contributed by atoms with Crippen LogP contribution in [0.2, 0.25) is 5.15 Å². The summed E-state index contributed by atoms with van der Waals surface area (Å²) in [7, 11) is 0. The summed E-state index contributed by atoms with van der Waals surface area (Å²) in [5.41, 5.74) is 1.05. The van der Waals surface area contributed by atoms with Crippen molar-refractivity contribution < 1.29 is 9.59 Å². The van der Waals surface area contributed by atoms with Gasteiger partial charge in [0.15, 0.2) is 11.0 Å². The van der Waals surface area contributed by atoms with E-state index in [0.29, 0.717) is 12.4 Å². The number of hydrogen-bond donors (Lipinski definition) is 1. The Bertz CT molecular complexity index is 736. The molecule has 6 nitrogen and oxygen atoms in total. The van der Waals surface area contributed by atoms with Gasteiger partial charge in [-0.1, -0.05) is 41.9 Å². The van der Waals surface area contributed by atoms with Crippen LogP contribution in [0.15, 0.2) is 42.5 Å². The second-order valence-corrected chi connectivity index (χ2v) is 6.15. The Morgan fingerprint density at radius 1 is 1.25 bits per heavy atom. The fourth-order valence-electron chi connectivity index (χ4n) is 2.80. The Kier molecular flexibility index (Phi) is 4.76. The predicted octanol–water partition coefficient (Wildman–Crippen LogP) is 2.68. The molecule has 0 bridgehead atoms. The highest BCUT2D eigenvalue weighted by molar-refractivity contribution is 6.29. The van der Waals surface area contributed by atoms with Crippen LogP contribution in [0.4, 0.5) is 5.82 Å². The number of carbonyl (C=O) groups is 2. The molecular formula is C17H17ClN4O2. The maximum atomic E-state index is 12.4. The van der Waals surface area contributed by atoms with Crippen LogP contribution in [0.3, 0.4) is 0 Å². The lowest BCUT2D eigenvalue weighted by Gasteiger charge is -2.25. The first-order valence-electron chi connectivity index (χ1n) is 7.69. The van der Waals surface area contributed by atoms with E-state index in [9.17, 15) is 9.59 Å². The van der Waals surface area contributed by atoms with Gasteiger partial charge in [0.1, 0.15) is 0 Å². The summed E-state index contributed by atoms with van der Waals surface area (Å²) in [4.78, 5) is 26.4. The summed E-state index contributed by atoms with van der Waals surface area (Å²) < 4.78 is 0. The van der Waals surface area contributed by atoms with Gasteiger partial charge < -0.3 is 10.2 Å². The van der Waals surface area contributed by atoms with Crippen molar-refractivity contribution in [1.82, 2.24) is 15.1 Å². The minimum absolute atomic E-state index is 0.0197. The molecular weight excluding hydrogens is 328 g/mol. The monoisotopic (exact) mass is 344 g/mol. The van der Waals surface area contributed by atoms with Crippen LogP contribution in [0.5, 0.6) is 0 Å². The van der Waals surface area contributed by atoms with Crippen LogP contribution in [0.25, 0.3) is 0 Å². The number of nitrogens with zero attached hydrogens (tertiary/aromatic N) is 3. The third-order valence-electron chi connectivity index (χ3n) is 4.16. The van der Waals surface area contributed by atoms with Crippen molar-refractivity contribution in [1.29, 1.82) is 0 Å². The van der Waals surface area contributed by atoms with Gasteiger partial charge in [0.2, 0.25) is 11.8 Å². The molecule has 1 aromatic heterocycles. The van der Waals surface area contributed by atoms with E-state index >= 15 is 0 Å². The Morgan fingerprint density at radius 2 is 2.00 bits per heavy atom. The minimum Gasteiger partial charge on any atom is -0.335 e. The van der Waals surface area contributed by atoms with E-state index < -0.39 is 5.92 Å². The zero-order valence-electron chi connectivity index (χ0n) is 13.1. The molecule has 7 heteroatoms. The minimum atomic E-state index is -0.402. The van der Waals surface area contributed by atoms with Gasteiger partial charge in [-0.2, -0.15) is 0 Å². The van der Waals surface area contributed by atoms with Gasteiger partial charge in [0.05, 0.1) is 12.0 Å². The average Bonchev–Trinajstić information content (AvgIpc) is 2.99. The standard InChI is InChI=1S/C17H17ClN4O2/c1-11(12-5-3-2-4-6-12)22-10-13(9-16(22)23)17(24)19-15-8-7-14(18)20-21-15/h2-8,11,13H,9-10H2,1H3,(H,19,21,24). The fourth-order valence-corrected chi connectivity index (χ4v) is 2.90. The highest BCUT2D eigenvalue weighted by Crippen LogP contribution is 2.28. The molecule has 1 fully saturated rings. The summed E-state index contributed by atoms with van der Waals surface area (Å²) in [6.45, 7) is 2.36. The number of aromatic nitrogens is 2. The van der Waals surface area contributed by atoms with Gasteiger partial charge in [-0.05, 0) is 24.6 Å². The van der Waals surface area contributed by atoms with Gasteiger partial charge in [-0.3, -0.25) is 9.59 Å². The third kappa shape index (κ3) is 3.54. The van der Waals surface area contributed by atoms with E-state index in [0.717, 1.165) is 5.56 Å². The predicted molar refractivity (Wildman–Crippen MR) is 90.3 cm³/mol. The van der Waals surface area contributed by atoms with E-state index in [4.69, 9.17) is 11.6 Å². The van der Waals surface area contributed by atoms with Crippen molar-refractivity contribution in [3.63, 3.8) is 0 Å². The SMILES string of the molecule is CC(c1ccccc1)N1CC(C(=O)Nc2ccc(Cl)nn2)CC1=O. The van der Waals surface area contributed by atoms with E-state index in [1.165, 1.54) is 0 Å². The molecule has 1 aliphatic heterocycles. The second-order valence-electron chi connectivity index (χ2n) is 5.76. The Balaban J connectivity index is 1.65. The first kappa shape index (κ1) is 16.4. The number of amides is 2. The first-order chi connectivity index (χ1) is 11.5. The van der Waals surface area contributed by atoms with E-state index in [1.807, 2.05) is 37.3 Å². The zero-order valence-corrected chi connectivity index (χ0v) is 13.9. The number of nitrogens with one attached hydrogen (secondary N) is 1. The Morgan fingerprint density at radius 3 is 2.67 bits per heavy atom. The molecule has 0 radical (unpaired) electrons. The van der Waals surface area contributed by atoms with Gasteiger partial charge in [0.25, 0.3) is 0 Å². The number of anilines is 1. The van der Waals surface area contributed by atoms with Crippen molar-refractivity contribution in [3.05, 3.63) is 53.2 Å². The zero-order chi connectivity index (χ0) is 17.1. The molecule has 0 saturated carbocycles. The molecule has 124 valence electrons. The topological polar surface area (TPSA) is 75.2 Å². The molecule has 2 heterocycles. The molecule has 0 spiro atoms. The molecule has 1 aromatic carbocycles. The smallest absolute Gasteiger partial charge is 0.230 e. The van der Waals surface area contributed by atoms with Crippen LogP contribution < -0.4 is 5.32 Å². The van der Waals surface area contributed by atoms with Gasteiger partial charge >= 0.3 is 0 Å². The van der Waals surface area contributed by atoms with Crippen molar-refractivity contribution in [2.24, 2.45) is 5.92 Å². The summed E-state index contributed by atoms with van der Waals surface area (Å²) in [5.74, 6) is -0.330. The van der Waals surface area contributed by atoms with Crippen LogP contribution >= 0.6 is 11.6 Å². The molecule has 2 aromatic rings. The van der Waals surface area contributed by atoms with Gasteiger partial charge in [0, 0.05) is 13.0 Å². The highest BCUT2D eigenvalue weighted by atomic mass is 35.5. The number of hydrogen-bond acceptors (Lipinski definition) is 4. The van der Waals surface area contributed by atoms with E-state index in [2.05, 4.69) is 15.5 Å². The normalized spacial score (nSPS) is 18.5. The molecule has 2 unspecified atom stereocenters. The summed E-state index contributed by atoms with van der Waals surface area (Å²) in [6, 6.07) is 12.8. The number of rotatable bonds is 4. The average molecular weight is 345 g/mol. The van der Waals surface area contributed by atoms with Crippen LogP contribution in [-0.2, 0) is 9.59 Å². The molecule has 1 saturated heterocycles. The lowest BCUT2D eigenvalue weighted by atomic mass is 10.1. The van der Waals surface area contributed by atoms with Crippen molar-refractivity contribution in [3.8, 4) is 0 Å². The molecule has 24 heavy (non-hydrogen) atoms. The second kappa shape index (κ2) is 6.97. The quantitative estimate of drug-likeness (QED) is 0.925. The highest BCUT2D eigenvalue weighted by Gasteiger charge is 2.37. The van der Waals surface area contributed by atoms with Crippen LogP contribution in [0, 0.1) is 5.92 Å². The molecule has 0 aliphatic carbocycles. The lowest BCUT2D eigenvalue weighted by Crippen LogP contribution is -2.30. The van der Waals surface area contributed by atoms with E-state index in [-0.39, 0.29) is 29.4 Å². The lowest BCUT2D eigenvalue weighted by molar-refractivity contribution is -0.129. The molecule has 2 atom stereocenters. The van der Waals surface area contributed by atoms with Gasteiger partial charge in [-0.15, -0.1) is 10.2 Å².